The van der Waals surface area contributed by atoms with Crippen molar-refractivity contribution < 1.29 is 4.79 Å². The molecule has 0 aromatic rings. The molecule has 0 aromatic heterocycles. The largest absolute Gasteiger partial charge is 0.354 e. The summed E-state index contributed by atoms with van der Waals surface area (Å²) >= 11 is 0. The van der Waals surface area contributed by atoms with Gasteiger partial charge < -0.3 is 11.1 Å². The van der Waals surface area contributed by atoms with E-state index >= 15 is 0 Å². The molecular formula is C13H28N2O. The Labute approximate surface area is 100 Å². The van der Waals surface area contributed by atoms with Crippen molar-refractivity contribution in [1.29, 1.82) is 0 Å². The molecule has 1 atom stereocenters. The highest BCUT2D eigenvalue weighted by molar-refractivity contribution is 5.78. The Kier molecular flexibility index (Phi) is 6.65. The highest BCUT2D eigenvalue weighted by Crippen LogP contribution is 2.19. The molecule has 1 amide bonds. The van der Waals surface area contributed by atoms with Crippen molar-refractivity contribution in [3.05, 3.63) is 0 Å². The van der Waals surface area contributed by atoms with E-state index in [1.165, 1.54) is 0 Å². The molecule has 16 heavy (non-hydrogen) atoms. The summed E-state index contributed by atoms with van der Waals surface area (Å²) in [5, 5.41) is 2.94. The zero-order chi connectivity index (χ0) is 12.8. The van der Waals surface area contributed by atoms with E-state index in [9.17, 15) is 4.79 Å². The average molecular weight is 228 g/mol. The second-order valence-electron chi connectivity index (χ2n) is 5.78. The summed E-state index contributed by atoms with van der Waals surface area (Å²) in [6.45, 7) is 11.2. The summed E-state index contributed by atoms with van der Waals surface area (Å²) in [6, 6.07) is 0.0540. The molecule has 0 fully saturated rings. The van der Waals surface area contributed by atoms with Gasteiger partial charge in [-0.1, -0.05) is 34.6 Å². The van der Waals surface area contributed by atoms with Gasteiger partial charge in [0.25, 0.3) is 0 Å². The maximum absolute atomic E-state index is 11.7. The standard InChI is InChI=1S/C13H28N2O/c1-6-10(7-2)12(16)15-9-11(14)8-13(3,4)5/h10-11H,6-9,14H2,1-5H3,(H,15,16). The lowest BCUT2D eigenvalue weighted by molar-refractivity contribution is -0.125. The minimum absolute atomic E-state index is 0.0540. The first-order valence-electron chi connectivity index (χ1n) is 6.33. The molecule has 1 unspecified atom stereocenters. The monoisotopic (exact) mass is 228 g/mol. The van der Waals surface area contributed by atoms with Crippen LogP contribution in [0, 0.1) is 11.3 Å². The Hall–Kier alpha value is -0.570. The number of hydrogen-bond donors (Lipinski definition) is 2. The Balaban J connectivity index is 3.92. The van der Waals surface area contributed by atoms with Gasteiger partial charge in [-0.25, -0.2) is 0 Å². The van der Waals surface area contributed by atoms with E-state index in [-0.39, 0.29) is 23.3 Å². The van der Waals surface area contributed by atoms with Gasteiger partial charge >= 0.3 is 0 Å². The van der Waals surface area contributed by atoms with Crippen molar-refractivity contribution in [1.82, 2.24) is 5.32 Å². The maximum atomic E-state index is 11.7. The second-order valence-corrected chi connectivity index (χ2v) is 5.78. The van der Waals surface area contributed by atoms with E-state index in [0.29, 0.717) is 6.54 Å². The van der Waals surface area contributed by atoms with E-state index in [0.717, 1.165) is 19.3 Å². The SMILES string of the molecule is CCC(CC)C(=O)NCC(N)CC(C)(C)C. The van der Waals surface area contributed by atoms with Crippen LogP contribution in [0.2, 0.25) is 0 Å². The molecule has 0 heterocycles. The van der Waals surface area contributed by atoms with Gasteiger partial charge in [0.05, 0.1) is 0 Å². The number of amides is 1. The number of rotatable bonds is 6. The number of nitrogens with one attached hydrogen (secondary N) is 1. The van der Waals surface area contributed by atoms with Crippen LogP contribution >= 0.6 is 0 Å². The fourth-order valence-corrected chi connectivity index (χ4v) is 1.89. The predicted molar refractivity (Wildman–Crippen MR) is 69.1 cm³/mol. The molecule has 0 bridgehead atoms. The van der Waals surface area contributed by atoms with Crippen LogP contribution in [0.3, 0.4) is 0 Å². The van der Waals surface area contributed by atoms with Gasteiger partial charge in [0.2, 0.25) is 5.91 Å². The summed E-state index contributed by atoms with van der Waals surface area (Å²) in [5.41, 5.74) is 6.20. The topological polar surface area (TPSA) is 55.1 Å². The summed E-state index contributed by atoms with van der Waals surface area (Å²) in [7, 11) is 0. The van der Waals surface area contributed by atoms with Crippen LogP contribution in [0.1, 0.15) is 53.9 Å². The number of carbonyl (C=O) groups excluding carboxylic acids is 1. The van der Waals surface area contributed by atoms with Crippen molar-refractivity contribution >= 4 is 5.91 Å². The first-order valence-corrected chi connectivity index (χ1v) is 6.33. The quantitative estimate of drug-likeness (QED) is 0.733. The zero-order valence-corrected chi connectivity index (χ0v) is 11.5. The van der Waals surface area contributed by atoms with Crippen molar-refractivity contribution in [3.8, 4) is 0 Å². The van der Waals surface area contributed by atoms with Crippen LogP contribution in [0.4, 0.5) is 0 Å². The minimum atomic E-state index is 0.0540. The van der Waals surface area contributed by atoms with Gasteiger partial charge in [0.1, 0.15) is 0 Å². The van der Waals surface area contributed by atoms with Crippen LogP contribution < -0.4 is 11.1 Å². The number of hydrogen-bond acceptors (Lipinski definition) is 2. The first kappa shape index (κ1) is 15.4. The minimum Gasteiger partial charge on any atom is -0.354 e. The molecule has 0 saturated heterocycles. The lowest BCUT2D eigenvalue weighted by atomic mass is 9.88. The molecule has 0 aromatic carbocycles. The van der Waals surface area contributed by atoms with E-state index in [4.69, 9.17) is 5.73 Å². The fourth-order valence-electron chi connectivity index (χ4n) is 1.89. The maximum Gasteiger partial charge on any atom is 0.223 e. The van der Waals surface area contributed by atoms with E-state index in [2.05, 4.69) is 26.1 Å². The molecule has 3 nitrogen and oxygen atoms in total. The molecule has 0 spiro atoms. The molecule has 0 aliphatic heterocycles. The molecule has 0 aliphatic carbocycles. The Bertz CT molecular complexity index is 204. The van der Waals surface area contributed by atoms with Gasteiger partial charge in [0.15, 0.2) is 0 Å². The summed E-state index contributed by atoms with van der Waals surface area (Å²) in [6.07, 6.45) is 2.73. The van der Waals surface area contributed by atoms with Crippen LogP contribution in [0.5, 0.6) is 0 Å². The van der Waals surface area contributed by atoms with Gasteiger partial charge in [-0.15, -0.1) is 0 Å². The fraction of sp³-hybridized carbons (Fsp3) is 0.923. The molecule has 0 radical (unpaired) electrons. The summed E-state index contributed by atoms with van der Waals surface area (Å²) in [4.78, 5) is 11.7. The van der Waals surface area contributed by atoms with E-state index in [1.54, 1.807) is 0 Å². The lowest BCUT2D eigenvalue weighted by Gasteiger charge is -2.24. The van der Waals surface area contributed by atoms with Crippen molar-refractivity contribution in [2.75, 3.05) is 6.54 Å². The Morgan fingerprint density at radius 1 is 1.25 bits per heavy atom. The van der Waals surface area contributed by atoms with Gasteiger partial charge in [0, 0.05) is 18.5 Å². The third kappa shape index (κ3) is 6.83. The third-order valence-electron chi connectivity index (χ3n) is 2.77. The molecule has 3 heteroatoms. The Morgan fingerprint density at radius 2 is 1.75 bits per heavy atom. The Morgan fingerprint density at radius 3 is 2.12 bits per heavy atom. The molecule has 3 N–H and O–H groups in total. The van der Waals surface area contributed by atoms with Crippen LogP contribution in [0.25, 0.3) is 0 Å². The summed E-state index contributed by atoms with van der Waals surface area (Å²) < 4.78 is 0. The van der Waals surface area contributed by atoms with E-state index < -0.39 is 0 Å². The average Bonchev–Trinajstić information content (AvgIpc) is 2.14. The molecule has 0 rings (SSSR count). The number of carbonyl (C=O) groups is 1. The van der Waals surface area contributed by atoms with Crippen molar-refractivity contribution in [2.24, 2.45) is 17.1 Å². The first-order chi connectivity index (χ1) is 7.30. The predicted octanol–water partition coefficient (Wildman–Crippen LogP) is 2.30. The normalized spacial score (nSPS) is 13.9. The molecule has 0 aliphatic rings. The highest BCUT2D eigenvalue weighted by atomic mass is 16.1. The van der Waals surface area contributed by atoms with Gasteiger partial charge in [-0.2, -0.15) is 0 Å². The van der Waals surface area contributed by atoms with Crippen molar-refractivity contribution in [2.45, 2.75) is 59.9 Å². The molecule has 0 saturated carbocycles. The smallest absolute Gasteiger partial charge is 0.223 e. The van der Waals surface area contributed by atoms with E-state index in [1.807, 2.05) is 13.8 Å². The van der Waals surface area contributed by atoms with Crippen LogP contribution in [-0.4, -0.2) is 18.5 Å². The van der Waals surface area contributed by atoms with Crippen molar-refractivity contribution in [3.63, 3.8) is 0 Å². The third-order valence-corrected chi connectivity index (χ3v) is 2.77. The highest BCUT2D eigenvalue weighted by Gasteiger charge is 2.18. The summed E-state index contributed by atoms with van der Waals surface area (Å²) in [5.74, 6) is 0.288. The van der Waals surface area contributed by atoms with Gasteiger partial charge in [-0.3, -0.25) is 4.79 Å². The number of nitrogens with two attached hydrogens (primary N) is 1. The second kappa shape index (κ2) is 6.89. The molecule has 96 valence electrons. The molecular weight excluding hydrogens is 200 g/mol. The zero-order valence-electron chi connectivity index (χ0n) is 11.5. The van der Waals surface area contributed by atoms with Crippen LogP contribution in [-0.2, 0) is 4.79 Å². The van der Waals surface area contributed by atoms with Gasteiger partial charge in [-0.05, 0) is 24.7 Å². The lowest BCUT2D eigenvalue weighted by Crippen LogP contribution is -2.41. The van der Waals surface area contributed by atoms with Crippen LogP contribution in [0.15, 0.2) is 0 Å².